The van der Waals surface area contributed by atoms with E-state index in [1.807, 2.05) is 12.1 Å². The van der Waals surface area contributed by atoms with E-state index in [0.29, 0.717) is 5.75 Å². The van der Waals surface area contributed by atoms with Crippen LogP contribution in [0.5, 0.6) is 5.75 Å². The minimum absolute atomic E-state index is 0. The van der Waals surface area contributed by atoms with Crippen LogP contribution in [-0.2, 0) is 6.42 Å². The second-order valence-electron chi connectivity index (χ2n) is 3.48. The third-order valence-corrected chi connectivity index (χ3v) is 2.26. The maximum Gasteiger partial charge on any atom is 1.00 e. The maximum atomic E-state index is 9.07. The van der Waals surface area contributed by atoms with Crippen molar-refractivity contribution in [1.29, 1.82) is 0 Å². The first kappa shape index (κ1) is 14.0. The van der Waals surface area contributed by atoms with Crippen molar-refractivity contribution in [3.8, 4) is 5.75 Å². The van der Waals surface area contributed by atoms with Crippen molar-refractivity contribution >= 4 is 0 Å². The number of aryl methyl sites for hydroxylation is 1. The molecule has 1 N–H and O–H groups in total. The molecule has 0 aliphatic heterocycles. The van der Waals surface area contributed by atoms with Crippen LogP contribution in [-0.4, -0.2) is 5.11 Å². The predicted molar refractivity (Wildman–Crippen MR) is 57.1 cm³/mol. The Labute approximate surface area is 110 Å². The van der Waals surface area contributed by atoms with Gasteiger partial charge in [0, 0.05) is 0 Å². The molecule has 1 rings (SSSR count). The number of phenols is 1. The molecule has 1 aromatic rings. The first-order valence-corrected chi connectivity index (χ1v) is 5.11. The zero-order chi connectivity index (χ0) is 9.52. The van der Waals surface area contributed by atoms with Gasteiger partial charge < -0.3 is 6.53 Å². The van der Waals surface area contributed by atoms with E-state index >= 15 is 0 Å². The monoisotopic (exact) mass is 202 g/mol. The van der Waals surface area contributed by atoms with Gasteiger partial charge in [0.05, 0.1) is 0 Å². The van der Waals surface area contributed by atoms with Crippen molar-refractivity contribution in [2.45, 2.75) is 39.0 Å². The summed E-state index contributed by atoms with van der Waals surface area (Å²) < 4.78 is 0. The molecule has 0 unspecified atom stereocenters. The van der Waals surface area contributed by atoms with E-state index in [-0.39, 0.29) is 31.0 Å². The summed E-state index contributed by atoms with van der Waals surface area (Å²) in [5.74, 6) is 0.359. The minimum atomic E-state index is 0. The van der Waals surface area contributed by atoms with Crippen LogP contribution in [0.2, 0.25) is 0 Å². The van der Waals surface area contributed by atoms with Crippen molar-refractivity contribution in [1.82, 2.24) is 0 Å². The van der Waals surface area contributed by atoms with E-state index in [9.17, 15) is 0 Å². The van der Waals surface area contributed by atoms with Crippen molar-refractivity contribution in [3.05, 3.63) is 29.8 Å². The van der Waals surface area contributed by atoms with Gasteiger partial charge in [-0.25, -0.2) is 0 Å². The van der Waals surface area contributed by atoms with Crippen molar-refractivity contribution in [3.63, 3.8) is 0 Å². The normalized spacial score (nSPS) is 9.50. The number of hydrogen-bond acceptors (Lipinski definition) is 1. The van der Waals surface area contributed by atoms with Gasteiger partial charge in [0.25, 0.3) is 0 Å². The first-order chi connectivity index (χ1) is 6.33. The van der Waals surface area contributed by atoms with Crippen LogP contribution < -0.4 is 29.6 Å². The second-order valence-corrected chi connectivity index (χ2v) is 3.48. The van der Waals surface area contributed by atoms with Crippen LogP contribution in [0.4, 0.5) is 0 Å². The van der Waals surface area contributed by atoms with Gasteiger partial charge in [-0.2, -0.15) is 0 Å². The fraction of sp³-hybridized carbons (Fsp3) is 0.500. The van der Waals surface area contributed by atoms with Crippen LogP contribution in [0.25, 0.3) is 0 Å². The summed E-state index contributed by atoms with van der Waals surface area (Å²) in [6, 6.07) is 7.52. The molecule has 74 valence electrons. The third kappa shape index (κ3) is 5.69. The number of phenolic OH excluding ortho intramolecular Hbond substituents is 1. The molecule has 0 saturated heterocycles. The summed E-state index contributed by atoms with van der Waals surface area (Å²) in [5.41, 5.74) is 1.33. The molecule has 0 bridgehead atoms. The van der Waals surface area contributed by atoms with Crippen LogP contribution in [0.15, 0.2) is 24.3 Å². The van der Waals surface area contributed by atoms with Crippen molar-refractivity contribution in [2.24, 2.45) is 0 Å². The van der Waals surface area contributed by atoms with E-state index in [1.54, 1.807) is 12.1 Å². The summed E-state index contributed by atoms with van der Waals surface area (Å²) >= 11 is 0. The zero-order valence-electron chi connectivity index (χ0n) is 10.3. The van der Waals surface area contributed by atoms with Gasteiger partial charge in [-0.15, -0.1) is 0 Å². The summed E-state index contributed by atoms with van der Waals surface area (Å²) in [4.78, 5) is 0. The molecule has 0 aliphatic rings. The number of hydrogen-bond donors (Lipinski definition) is 1. The number of benzene rings is 1. The average Bonchev–Trinajstić information content (AvgIpc) is 2.15. The van der Waals surface area contributed by atoms with Gasteiger partial charge in [-0.3, -0.25) is 0 Å². The Balaban J connectivity index is 0. The second kappa shape index (κ2) is 8.34. The molecule has 2 heteroatoms. The van der Waals surface area contributed by atoms with E-state index in [0.717, 1.165) is 6.42 Å². The molecule has 1 aromatic carbocycles. The van der Waals surface area contributed by atoms with E-state index in [1.165, 1.54) is 31.2 Å². The van der Waals surface area contributed by atoms with E-state index in [4.69, 9.17) is 5.11 Å². The fourth-order valence-corrected chi connectivity index (χ4v) is 1.42. The quantitative estimate of drug-likeness (QED) is 0.548. The molecule has 0 aliphatic carbocycles. The van der Waals surface area contributed by atoms with E-state index < -0.39 is 0 Å². The van der Waals surface area contributed by atoms with Gasteiger partial charge in [-0.05, 0) is 30.5 Å². The van der Waals surface area contributed by atoms with Crippen LogP contribution in [0.3, 0.4) is 0 Å². The molecule has 1 nitrogen and oxygen atoms in total. The van der Waals surface area contributed by atoms with Crippen molar-refractivity contribution in [2.75, 3.05) is 0 Å². The van der Waals surface area contributed by atoms with Crippen LogP contribution >= 0.6 is 0 Å². The fourth-order valence-electron chi connectivity index (χ4n) is 1.42. The number of aromatic hydroxyl groups is 1. The molecule has 14 heavy (non-hydrogen) atoms. The summed E-state index contributed by atoms with van der Waals surface area (Å²) in [5, 5.41) is 9.07. The Hall–Kier alpha value is 0.0200. The minimum Gasteiger partial charge on any atom is -1.00 e. The molecule has 0 saturated carbocycles. The summed E-state index contributed by atoms with van der Waals surface area (Å²) in [6.07, 6.45) is 6.34. The molecule has 0 spiro atoms. The largest absolute Gasteiger partial charge is 1.00 e. The molecule has 0 atom stereocenters. The summed E-state index contributed by atoms with van der Waals surface area (Å²) in [6.45, 7) is 2.22. The standard InChI is InChI=1S/C12H18O.Na.H/c1-2-3-4-5-6-11-7-9-12(13)10-8-11;;/h7-10,13H,2-6H2,1H3;;/q;+1;-1. The zero-order valence-corrected chi connectivity index (χ0v) is 11.3. The molecular formula is C12H19NaO. The van der Waals surface area contributed by atoms with Crippen LogP contribution in [0.1, 0.15) is 39.6 Å². The summed E-state index contributed by atoms with van der Waals surface area (Å²) in [7, 11) is 0. The Morgan fingerprint density at radius 2 is 1.71 bits per heavy atom. The molecule has 0 heterocycles. The first-order valence-electron chi connectivity index (χ1n) is 5.11. The topological polar surface area (TPSA) is 20.2 Å². The smallest absolute Gasteiger partial charge is 1.00 e. The third-order valence-electron chi connectivity index (χ3n) is 2.26. The van der Waals surface area contributed by atoms with E-state index in [2.05, 4.69) is 6.92 Å². The Kier molecular flexibility index (Phi) is 8.35. The van der Waals surface area contributed by atoms with Gasteiger partial charge in [-0.1, -0.05) is 38.3 Å². The van der Waals surface area contributed by atoms with Gasteiger partial charge in [0.2, 0.25) is 0 Å². The SMILES string of the molecule is CCCCCCc1ccc(O)cc1.[H-].[Na+]. The van der Waals surface area contributed by atoms with Gasteiger partial charge in [0.15, 0.2) is 0 Å². The van der Waals surface area contributed by atoms with Gasteiger partial charge >= 0.3 is 29.6 Å². The van der Waals surface area contributed by atoms with Crippen molar-refractivity contribution < 1.29 is 36.1 Å². The molecule has 0 amide bonds. The molecular weight excluding hydrogens is 183 g/mol. The van der Waals surface area contributed by atoms with Gasteiger partial charge in [0.1, 0.15) is 5.75 Å². The maximum absolute atomic E-state index is 9.07. The average molecular weight is 202 g/mol. The molecule has 0 radical (unpaired) electrons. The molecule has 0 fully saturated rings. The number of rotatable bonds is 5. The van der Waals surface area contributed by atoms with Crippen LogP contribution in [0, 0.1) is 0 Å². The Morgan fingerprint density at radius 3 is 2.29 bits per heavy atom. The molecule has 0 aromatic heterocycles. The predicted octanol–water partition coefficient (Wildman–Crippen LogP) is 0.631. The Bertz CT molecular complexity index is 236. The Morgan fingerprint density at radius 1 is 1.07 bits per heavy atom. The number of unbranched alkanes of at least 4 members (excludes halogenated alkanes) is 3.